The van der Waals surface area contributed by atoms with Gasteiger partial charge in [0.05, 0.1) is 5.56 Å². The van der Waals surface area contributed by atoms with Crippen LogP contribution < -0.4 is 15.8 Å². The summed E-state index contributed by atoms with van der Waals surface area (Å²) in [4.78, 5) is 39.6. The second-order valence-corrected chi connectivity index (χ2v) is 7.29. The highest BCUT2D eigenvalue weighted by Gasteiger charge is 2.60. The number of urea groups is 1. The van der Waals surface area contributed by atoms with E-state index in [1.54, 1.807) is 18.2 Å². The van der Waals surface area contributed by atoms with Crippen molar-refractivity contribution < 1.29 is 22.8 Å². The largest absolute Gasteiger partial charge is 0.417 e. The van der Waals surface area contributed by atoms with Gasteiger partial charge in [-0.25, -0.2) is 9.69 Å². The van der Waals surface area contributed by atoms with Gasteiger partial charge in [-0.15, -0.1) is 0 Å². The van der Waals surface area contributed by atoms with Crippen molar-refractivity contribution in [3.8, 4) is 0 Å². The number of rotatable bonds is 2. The first-order valence-corrected chi connectivity index (χ1v) is 8.71. The summed E-state index contributed by atoms with van der Waals surface area (Å²) in [7, 11) is 0. The Hall–Kier alpha value is -2.81. The molecule has 4 rings (SSSR count). The Morgan fingerprint density at radius 3 is 2.46 bits per heavy atom. The minimum absolute atomic E-state index is 0.0855. The second kappa shape index (κ2) is 6.10. The molecular weight excluding hydrogens is 399 g/mol. The maximum Gasteiger partial charge on any atom is 0.417 e. The Morgan fingerprint density at radius 1 is 1.14 bits per heavy atom. The summed E-state index contributed by atoms with van der Waals surface area (Å²) in [5, 5.41) is 3.06. The summed E-state index contributed by atoms with van der Waals surface area (Å²) in [5.74, 6) is -0.830. The van der Waals surface area contributed by atoms with Gasteiger partial charge < -0.3 is 10.3 Å². The van der Waals surface area contributed by atoms with Gasteiger partial charge in [-0.05, 0) is 36.5 Å². The van der Waals surface area contributed by atoms with Crippen LogP contribution in [0.25, 0.3) is 0 Å². The predicted molar refractivity (Wildman–Crippen MR) is 94.2 cm³/mol. The molecule has 0 unspecified atom stereocenters. The number of nitrogens with one attached hydrogen (secondary N) is 2. The summed E-state index contributed by atoms with van der Waals surface area (Å²) in [6.07, 6.45) is -3.75. The summed E-state index contributed by atoms with van der Waals surface area (Å²) < 4.78 is 38.8. The summed E-state index contributed by atoms with van der Waals surface area (Å²) in [6.45, 7) is 0. The molecule has 2 aromatic rings. The molecule has 1 saturated carbocycles. The molecule has 1 aliphatic carbocycles. The molecule has 2 fully saturated rings. The molecule has 2 N–H and O–H groups in total. The fraction of sp³-hybridized carbons (Fsp3) is 0.278. The molecule has 0 atom stereocenters. The van der Waals surface area contributed by atoms with Gasteiger partial charge in [0.25, 0.3) is 11.5 Å². The average Bonchev–Trinajstić information content (AvgIpc) is 2.85. The summed E-state index contributed by atoms with van der Waals surface area (Å²) in [6, 6.07) is 6.68. The first-order chi connectivity index (χ1) is 13.1. The third-order valence-electron chi connectivity index (χ3n) is 5.15. The van der Waals surface area contributed by atoms with E-state index in [9.17, 15) is 27.6 Å². The van der Waals surface area contributed by atoms with Gasteiger partial charge in [0, 0.05) is 11.2 Å². The fourth-order valence-electron chi connectivity index (χ4n) is 3.72. The molecule has 146 valence electrons. The lowest BCUT2D eigenvalue weighted by molar-refractivity contribution is -0.138. The smallest absolute Gasteiger partial charge is 0.327 e. The highest BCUT2D eigenvalue weighted by Crippen LogP contribution is 2.49. The molecule has 1 spiro atoms. The van der Waals surface area contributed by atoms with Crippen LogP contribution in [0.2, 0.25) is 5.02 Å². The lowest BCUT2D eigenvalue weighted by atomic mass is 9.65. The number of aromatic amines is 1. The molecule has 3 amide bonds. The number of imide groups is 1. The maximum absolute atomic E-state index is 12.9. The number of pyridine rings is 1. The number of H-pyrrole nitrogens is 1. The predicted octanol–water partition coefficient (Wildman–Crippen LogP) is 3.42. The van der Waals surface area contributed by atoms with Crippen molar-refractivity contribution in [2.45, 2.75) is 30.5 Å². The van der Waals surface area contributed by atoms with Crippen molar-refractivity contribution in [3.05, 3.63) is 63.0 Å². The van der Waals surface area contributed by atoms with E-state index < -0.39 is 40.5 Å². The zero-order chi connectivity index (χ0) is 20.3. The monoisotopic (exact) mass is 411 g/mol. The topological polar surface area (TPSA) is 82.3 Å². The van der Waals surface area contributed by atoms with Gasteiger partial charge in [0.15, 0.2) is 0 Å². The average molecular weight is 412 g/mol. The summed E-state index contributed by atoms with van der Waals surface area (Å²) in [5.41, 5.74) is -3.20. The van der Waals surface area contributed by atoms with E-state index in [-0.39, 0.29) is 18.8 Å². The van der Waals surface area contributed by atoms with Crippen LogP contribution in [0.5, 0.6) is 0 Å². The van der Waals surface area contributed by atoms with Crippen molar-refractivity contribution in [1.82, 2.24) is 10.3 Å². The Balaban J connectivity index is 1.63. The highest BCUT2D eigenvalue weighted by molar-refractivity contribution is 6.31. The lowest BCUT2D eigenvalue weighted by Gasteiger charge is -2.43. The van der Waals surface area contributed by atoms with Gasteiger partial charge >= 0.3 is 12.2 Å². The number of aromatic nitrogens is 1. The van der Waals surface area contributed by atoms with E-state index in [0.29, 0.717) is 22.2 Å². The molecule has 0 bridgehead atoms. The van der Waals surface area contributed by atoms with Crippen molar-refractivity contribution in [3.63, 3.8) is 0 Å². The molecule has 10 heteroatoms. The molecule has 1 saturated heterocycles. The molecule has 6 nitrogen and oxygen atoms in total. The first-order valence-electron chi connectivity index (χ1n) is 8.33. The molecule has 1 aromatic carbocycles. The third kappa shape index (κ3) is 2.77. The lowest BCUT2D eigenvalue weighted by Crippen LogP contribution is -2.56. The normalized spacial score (nSPS) is 24.4. The van der Waals surface area contributed by atoms with Crippen LogP contribution in [-0.4, -0.2) is 22.5 Å². The van der Waals surface area contributed by atoms with E-state index in [4.69, 9.17) is 11.6 Å². The minimum Gasteiger partial charge on any atom is -0.327 e. The van der Waals surface area contributed by atoms with Crippen molar-refractivity contribution in [1.29, 1.82) is 0 Å². The molecular formula is C18H13ClF3N3O3. The fourth-order valence-corrected chi connectivity index (χ4v) is 4.01. The standard InChI is InChI=1S/C18H13ClF3N3O3/c19-12-4-2-1-3-11(12)9-6-17(7-9)15(27)25(16(28)24-17)13-5-10(18(20,21)22)8-23-14(13)26/h1-5,8-9H,6-7H2,(H,23,26)(H,24,28). The highest BCUT2D eigenvalue weighted by atomic mass is 35.5. The number of benzene rings is 1. The van der Waals surface area contributed by atoms with E-state index in [2.05, 4.69) is 5.32 Å². The maximum atomic E-state index is 12.9. The van der Waals surface area contributed by atoms with Crippen LogP contribution in [0.15, 0.2) is 41.3 Å². The van der Waals surface area contributed by atoms with Crippen LogP contribution in [0.3, 0.4) is 0 Å². The van der Waals surface area contributed by atoms with Gasteiger partial charge in [-0.1, -0.05) is 29.8 Å². The van der Waals surface area contributed by atoms with Gasteiger partial charge in [0.2, 0.25) is 0 Å². The van der Waals surface area contributed by atoms with Gasteiger partial charge in [0.1, 0.15) is 11.2 Å². The van der Waals surface area contributed by atoms with Crippen molar-refractivity contribution in [2.75, 3.05) is 4.90 Å². The summed E-state index contributed by atoms with van der Waals surface area (Å²) >= 11 is 6.16. The zero-order valence-corrected chi connectivity index (χ0v) is 14.9. The van der Waals surface area contributed by atoms with Gasteiger partial charge in [-0.2, -0.15) is 13.2 Å². The first kappa shape index (κ1) is 18.5. The Morgan fingerprint density at radius 2 is 1.82 bits per heavy atom. The van der Waals surface area contributed by atoms with E-state index in [1.165, 1.54) is 0 Å². The number of carbonyl (C=O) groups excluding carboxylic acids is 2. The molecule has 1 aromatic heterocycles. The van der Waals surface area contributed by atoms with Crippen LogP contribution in [0.4, 0.5) is 23.7 Å². The van der Waals surface area contributed by atoms with Crippen LogP contribution >= 0.6 is 11.6 Å². The number of carbonyl (C=O) groups is 2. The van der Waals surface area contributed by atoms with Crippen molar-refractivity contribution in [2.24, 2.45) is 0 Å². The molecule has 2 aliphatic rings. The Bertz CT molecular complexity index is 1040. The number of alkyl halides is 3. The SMILES string of the molecule is O=C1NC2(CC(c3ccccc3Cl)C2)C(=O)N1c1cc(C(F)(F)F)c[nH]c1=O. The number of nitrogens with zero attached hydrogens (tertiary/aromatic N) is 1. The van der Waals surface area contributed by atoms with E-state index in [1.807, 2.05) is 11.1 Å². The van der Waals surface area contributed by atoms with Crippen molar-refractivity contribution >= 4 is 29.2 Å². The van der Waals surface area contributed by atoms with Crippen LogP contribution in [0.1, 0.15) is 29.9 Å². The van der Waals surface area contributed by atoms with E-state index in [0.717, 1.165) is 5.56 Å². The van der Waals surface area contributed by atoms with Crippen LogP contribution in [0, 0.1) is 0 Å². The van der Waals surface area contributed by atoms with Crippen LogP contribution in [-0.2, 0) is 11.0 Å². The number of hydrogen-bond acceptors (Lipinski definition) is 3. The molecule has 0 radical (unpaired) electrons. The quantitative estimate of drug-likeness (QED) is 0.743. The number of anilines is 1. The molecule has 2 heterocycles. The number of halogens is 4. The third-order valence-corrected chi connectivity index (χ3v) is 5.49. The van der Waals surface area contributed by atoms with Gasteiger partial charge in [-0.3, -0.25) is 9.59 Å². The Labute approximate surface area is 161 Å². The second-order valence-electron chi connectivity index (χ2n) is 6.88. The minimum atomic E-state index is -4.73. The number of amides is 3. The zero-order valence-electron chi connectivity index (χ0n) is 14.1. The molecule has 28 heavy (non-hydrogen) atoms. The molecule has 1 aliphatic heterocycles. The van der Waals surface area contributed by atoms with E-state index >= 15 is 0 Å². The Kier molecular flexibility index (Phi) is 4.04. The number of hydrogen-bond donors (Lipinski definition) is 2.